The Labute approximate surface area is 304 Å². The van der Waals surface area contributed by atoms with E-state index < -0.39 is 0 Å². The summed E-state index contributed by atoms with van der Waals surface area (Å²) in [4.78, 5) is 7.58. The second-order valence-electron chi connectivity index (χ2n) is 12.8. The molecule has 0 saturated carbocycles. The molecule has 0 aliphatic heterocycles. The zero-order valence-electron chi connectivity index (χ0n) is 27.5. The van der Waals surface area contributed by atoms with Crippen molar-refractivity contribution in [1.29, 1.82) is 0 Å². The number of fused-ring (bicyclic) bond motifs is 5. The van der Waals surface area contributed by atoms with E-state index in [1.807, 2.05) is 11.3 Å². The van der Waals surface area contributed by atoms with Crippen LogP contribution in [-0.4, -0.2) is 4.98 Å². The summed E-state index contributed by atoms with van der Waals surface area (Å²) < 4.78 is 3.75. The summed E-state index contributed by atoms with van der Waals surface area (Å²) in [6, 6.07) is 65.5. The third-order valence-corrected chi connectivity index (χ3v) is 11.9. The van der Waals surface area contributed by atoms with E-state index in [4.69, 9.17) is 4.98 Å². The topological polar surface area (TPSA) is 16.1 Å². The van der Waals surface area contributed by atoms with Crippen LogP contribution in [-0.2, 0) is 0 Å². The quantitative estimate of drug-likeness (QED) is 0.173. The standard InChI is InChI=1S/C47H30N2S2/c1-3-11-31(12-4-1)33-19-23-36(24-20-33)49(37-25-21-34(22-26-37)32-13-5-2-6-14-32)38-27-28-42-40(30-38)45-44(50-42)29-35-15-7-8-16-39(35)46(45)47-48-41-17-9-10-18-43(41)51-47/h1-30H. The Bertz CT molecular complexity index is 2720. The van der Waals surface area contributed by atoms with Crippen molar-refractivity contribution in [1.82, 2.24) is 4.98 Å². The molecule has 240 valence electrons. The van der Waals surface area contributed by atoms with E-state index in [1.54, 1.807) is 11.3 Å². The van der Waals surface area contributed by atoms with Crippen molar-refractivity contribution in [3.63, 3.8) is 0 Å². The summed E-state index contributed by atoms with van der Waals surface area (Å²) in [6.45, 7) is 0. The highest BCUT2D eigenvalue weighted by Gasteiger charge is 2.20. The van der Waals surface area contributed by atoms with Gasteiger partial charge in [0, 0.05) is 42.8 Å². The molecule has 51 heavy (non-hydrogen) atoms. The van der Waals surface area contributed by atoms with Crippen molar-refractivity contribution >= 4 is 80.9 Å². The smallest absolute Gasteiger partial charge is 0.125 e. The molecule has 0 spiro atoms. The minimum atomic E-state index is 1.04. The van der Waals surface area contributed by atoms with Gasteiger partial charge in [0.2, 0.25) is 0 Å². The molecule has 0 fully saturated rings. The molecule has 2 heterocycles. The summed E-state index contributed by atoms with van der Waals surface area (Å²) in [5.41, 5.74) is 10.4. The molecule has 10 rings (SSSR count). The maximum atomic E-state index is 5.20. The third kappa shape index (κ3) is 5.28. The van der Waals surface area contributed by atoms with E-state index in [-0.39, 0.29) is 0 Å². The monoisotopic (exact) mass is 686 g/mol. The maximum absolute atomic E-state index is 5.20. The van der Waals surface area contributed by atoms with E-state index >= 15 is 0 Å². The van der Waals surface area contributed by atoms with Gasteiger partial charge in [0.15, 0.2) is 0 Å². The van der Waals surface area contributed by atoms with Gasteiger partial charge < -0.3 is 4.90 Å². The fraction of sp³-hybridized carbons (Fsp3) is 0. The first-order valence-electron chi connectivity index (χ1n) is 17.1. The van der Waals surface area contributed by atoms with Crippen LogP contribution in [0.4, 0.5) is 17.1 Å². The van der Waals surface area contributed by atoms with Gasteiger partial charge in [-0.25, -0.2) is 4.98 Å². The molecular formula is C47H30N2S2. The summed E-state index contributed by atoms with van der Waals surface area (Å²) in [7, 11) is 0. The van der Waals surface area contributed by atoms with E-state index in [1.165, 1.54) is 63.5 Å². The molecule has 2 nitrogen and oxygen atoms in total. The SMILES string of the molecule is c1ccc(-c2ccc(N(c3ccc(-c4ccccc4)cc3)c3ccc4sc5cc6ccccc6c(-c6nc7ccccc7s6)c5c4c3)cc2)cc1. The third-order valence-electron chi connectivity index (χ3n) is 9.70. The van der Waals surface area contributed by atoms with Gasteiger partial charge >= 0.3 is 0 Å². The highest BCUT2D eigenvalue weighted by atomic mass is 32.1. The first-order chi connectivity index (χ1) is 25.3. The molecule has 10 aromatic rings. The highest BCUT2D eigenvalue weighted by molar-refractivity contribution is 7.26. The Morgan fingerprint density at radius 1 is 0.392 bits per heavy atom. The van der Waals surface area contributed by atoms with Gasteiger partial charge in [-0.15, -0.1) is 22.7 Å². The van der Waals surface area contributed by atoms with Crippen LogP contribution in [0.5, 0.6) is 0 Å². The summed E-state index contributed by atoms with van der Waals surface area (Å²) in [6.07, 6.45) is 0. The van der Waals surface area contributed by atoms with Crippen molar-refractivity contribution in [2.45, 2.75) is 0 Å². The number of para-hydroxylation sites is 1. The lowest BCUT2D eigenvalue weighted by Gasteiger charge is -2.26. The maximum Gasteiger partial charge on any atom is 0.125 e. The van der Waals surface area contributed by atoms with Gasteiger partial charge in [-0.05, 0) is 93.7 Å². The number of hydrogen-bond acceptors (Lipinski definition) is 4. The molecule has 0 saturated heterocycles. The predicted octanol–water partition coefficient (Wildman–Crippen LogP) is 14.3. The Hall–Kier alpha value is -6.07. The van der Waals surface area contributed by atoms with Crippen LogP contribution < -0.4 is 4.90 Å². The molecule has 4 heteroatoms. The van der Waals surface area contributed by atoms with Gasteiger partial charge in [0.05, 0.1) is 10.2 Å². The Balaban J connectivity index is 1.18. The van der Waals surface area contributed by atoms with Gasteiger partial charge in [-0.3, -0.25) is 0 Å². The van der Waals surface area contributed by atoms with Crippen molar-refractivity contribution in [3.05, 3.63) is 182 Å². The van der Waals surface area contributed by atoms with Crippen LogP contribution in [0, 0.1) is 0 Å². The molecule has 0 aliphatic carbocycles. The minimum Gasteiger partial charge on any atom is -0.310 e. The Morgan fingerprint density at radius 2 is 0.961 bits per heavy atom. The van der Waals surface area contributed by atoms with E-state index in [0.29, 0.717) is 0 Å². The van der Waals surface area contributed by atoms with Gasteiger partial charge in [0.25, 0.3) is 0 Å². The predicted molar refractivity (Wildman–Crippen MR) is 221 cm³/mol. The van der Waals surface area contributed by atoms with Crippen molar-refractivity contribution in [2.24, 2.45) is 0 Å². The van der Waals surface area contributed by atoms with E-state index in [9.17, 15) is 0 Å². The molecule has 0 aliphatic rings. The van der Waals surface area contributed by atoms with Gasteiger partial charge in [-0.2, -0.15) is 0 Å². The molecule has 0 radical (unpaired) electrons. The minimum absolute atomic E-state index is 1.04. The molecule has 0 atom stereocenters. The molecule has 8 aromatic carbocycles. The zero-order chi connectivity index (χ0) is 33.7. The number of hydrogen-bond donors (Lipinski definition) is 0. The molecular weight excluding hydrogens is 657 g/mol. The van der Waals surface area contributed by atoms with Gasteiger partial charge in [-0.1, -0.05) is 121 Å². The second kappa shape index (κ2) is 12.4. The molecule has 0 amide bonds. The highest BCUT2D eigenvalue weighted by Crippen LogP contribution is 2.48. The summed E-state index contributed by atoms with van der Waals surface area (Å²) in [5, 5.41) is 6.06. The van der Waals surface area contributed by atoms with Crippen LogP contribution in [0.1, 0.15) is 0 Å². The zero-order valence-corrected chi connectivity index (χ0v) is 29.2. The number of thiazole rings is 1. The van der Waals surface area contributed by atoms with Crippen molar-refractivity contribution < 1.29 is 0 Å². The number of benzene rings is 8. The lowest BCUT2D eigenvalue weighted by atomic mass is 9.98. The molecule has 0 N–H and O–H groups in total. The number of rotatable bonds is 6. The van der Waals surface area contributed by atoms with Crippen molar-refractivity contribution in [2.75, 3.05) is 4.90 Å². The van der Waals surface area contributed by atoms with Crippen LogP contribution in [0.15, 0.2) is 182 Å². The van der Waals surface area contributed by atoms with Crippen LogP contribution in [0.2, 0.25) is 0 Å². The van der Waals surface area contributed by atoms with Crippen molar-refractivity contribution in [3.8, 4) is 32.8 Å². The number of thiophene rings is 1. The average Bonchev–Trinajstić information content (AvgIpc) is 3.79. The first kappa shape index (κ1) is 29.8. The van der Waals surface area contributed by atoms with Crippen LogP contribution in [0.25, 0.3) is 74.0 Å². The lowest BCUT2D eigenvalue weighted by Crippen LogP contribution is -2.09. The van der Waals surface area contributed by atoms with E-state index in [2.05, 4.69) is 187 Å². The fourth-order valence-corrected chi connectivity index (χ4v) is 9.42. The Kier molecular flexibility index (Phi) is 7.23. The largest absolute Gasteiger partial charge is 0.310 e. The molecule has 0 bridgehead atoms. The van der Waals surface area contributed by atoms with Crippen LogP contribution >= 0.6 is 22.7 Å². The number of anilines is 3. The summed E-state index contributed by atoms with van der Waals surface area (Å²) in [5.74, 6) is 0. The van der Waals surface area contributed by atoms with Gasteiger partial charge in [0.1, 0.15) is 5.01 Å². The molecule has 0 unspecified atom stereocenters. The van der Waals surface area contributed by atoms with Crippen LogP contribution in [0.3, 0.4) is 0 Å². The second-order valence-corrected chi connectivity index (χ2v) is 14.9. The lowest BCUT2D eigenvalue weighted by molar-refractivity contribution is 1.29. The Morgan fingerprint density at radius 3 is 1.63 bits per heavy atom. The average molecular weight is 687 g/mol. The number of nitrogens with zero attached hydrogens (tertiary/aromatic N) is 2. The normalized spacial score (nSPS) is 11.5. The van der Waals surface area contributed by atoms with E-state index in [0.717, 1.165) is 27.6 Å². The number of aromatic nitrogens is 1. The molecule has 2 aromatic heterocycles. The summed E-state index contributed by atoms with van der Waals surface area (Å²) >= 11 is 3.64. The first-order valence-corrected chi connectivity index (χ1v) is 18.8. The fourth-order valence-electron chi connectivity index (χ4n) is 7.25.